The Kier molecular flexibility index (Phi) is 3.98. The van der Waals surface area contributed by atoms with E-state index in [1.165, 1.54) is 0 Å². The molecule has 2 rings (SSSR count). The number of hydrogen-bond acceptors (Lipinski definition) is 5. The molecule has 6 heteroatoms. The van der Waals surface area contributed by atoms with Crippen LogP contribution >= 0.6 is 11.8 Å². The third-order valence-electron chi connectivity index (χ3n) is 2.22. The van der Waals surface area contributed by atoms with E-state index in [1.54, 1.807) is 16.4 Å². The second kappa shape index (κ2) is 5.67. The lowest BCUT2D eigenvalue weighted by atomic mass is 10.5. The monoisotopic (exact) mass is 249 g/mol. The minimum absolute atomic E-state index is 0.730. The Balaban J connectivity index is 2.02. The van der Waals surface area contributed by atoms with E-state index in [2.05, 4.69) is 26.9 Å². The minimum Gasteiger partial charge on any atom is -0.368 e. The first-order chi connectivity index (χ1) is 8.29. The molecular weight excluding hydrogens is 234 g/mol. The summed E-state index contributed by atoms with van der Waals surface area (Å²) in [4.78, 5) is 0. The van der Waals surface area contributed by atoms with Crippen LogP contribution in [0.4, 0.5) is 5.82 Å². The third kappa shape index (κ3) is 3.20. The van der Waals surface area contributed by atoms with Crippen molar-refractivity contribution < 1.29 is 0 Å². The van der Waals surface area contributed by atoms with Crippen molar-refractivity contribution in [3.8, 4) is 5.82 Å². The minimum atomic E-state index is 0.730. The van der Waals surface area contributed by atoms with Crippen LogP contribution in [0.25, 0.3) is 5.82 Å². The summed E-state index contributed by atoms with van der Waals surface area (Å²) >= 11 is 1.80. The van der Waals surface area contributed by atoms with E-state index >= 15 is 0 Å². The van der Waals surface area contributed by atoms with E-state index in [0.717, 1.165) is 29.6 Å². The van der Waals surface area contributed by atoms with Crippen molar-refractivity contribution in [3.05, 3.63) is 30.1 Å². The zero-order valence-electron chi connectivity index (χ0n) is 9.92. The summed E-state index contributed by atoms with van der Waals surface area (Å²) in [5.41, 5.74) is 0.967. The Morgan fingerprint density at radius 1 is 1.29 bits per heavy atom. The molecule has 2 aromatic rings. The summed E-state index contributed by atoms with van der Waals surface area (Å²) < 4.78 is 1.72. The number of nitrogens with one attached hydrogen (secondary N) is 1. The highest BCUT2D eigenvalue weighted by Crippen LogP contribution is 2.06. The molecule has 1 N–H and O–H groups in total. The lowest BCUT2D eigenvalue weighted by Gasteiger charge is -2.04. The average molecular weight is 249 g/mol. The molecule has 0 radical (unpaired) electrons. The van der Waals surface area contributed by atoms with Gasteiger partial charge in [0, 0.05) is 18.5 Å². The zero-order valence-corrected chi connectivity index (χ0v) is 10.7. The largest absolute Gasteiger partial charge is 0.368 e. The van der Waals surface area contributed by atoms with Crippen LogP contribution in [0, 0.1) is 6.92 Å². The molecule has 0 aliphatic carbocycles. The van der Waals surface area contributed by atoms with Gasteiger partial charge in [-0.3, -0.25) is 0 Å². The second-order valence-corrected chi connectivity index (χ2v) is 4.58. The van der Waals surface area contributed by atoms with Crippen LogP contribution in [0.2, 0.25) is 0 Å². The van der Waals surface area contributed by atoms with Gasteiger partial charge in [0.15, 0.2) is 5.82 Å². The summed E-state index contributed by atoms with van der Waals surface area (Å²) in [5, 5.41) is 15.7. The Bertz CT molecular complexity index is 465. The number of nitrogens with zero attached hydrogens (tertiary/aromatic N) is 4. The molecular formula is C11H15N5S. The fourth-order valence-corrected chi connectivity index (χ4v) is 1.67. The number of aryl methyl sites for hydroxylation is 1. The van der Waals surface area contributed by atoms with Crippen molar-refractivity contribution in [1.29, 1.82) is 0 Å². The molecule has 5 nitrogen and oxygen atoms in total. The van der Waals surface area contributed by atoms with Gasteiger partial charge in [-0.05, 0) is 31.4 Å². The van der Waals surface area contributed by atoms with Crippen molar-refractivity contribution in [2.45, 2.75) is 6.92 Å². The van der Waals surface area contributed by atoms with E-state index in [9.17, 15) is 0 Å². The van der Waals surface area contributed by atoms with Gasteiger partial charge in [0.2, 0.25) is 0 Å². The number of thioether (sulfide) groups is 1. The molecule has 0 unspecified atom stereocenters. The summed E-state index contributed by atoms with van der Waals surface area (Å²) in [6, 6.07) is 5.76. The van der Waals surface area contributed by atoms with Crippen LogP contribution in [0.5, 0.6) is 0 Å². The topological polar surface area (TPSA) is 55.6 Å². The molecule has 0 amide bonds. The first-order valence-corrected chi connectivity index (χ1v) is 6.78. The van der Waals surface area contributed by atoms with Crippen LogP contribution in [0.15, 0.2) is 24.4 Å². The van der Waals surface area contributed by atoms with Crippen LogP contribution in [-0.4, -0.2) is 38.5 Å². The predicted octanol–water partition coefficient (Wildman–Crippen LogP) is 1.75. The third-order valence-corrected chi connectivity index (χ3v) is 2.83. The molecule has 17 heavy (non-hydrogen) atoms. The highest BCUT2D eigenvalue weighted by molar-refractivity contribution is 7.98. The fourth-order valence-electron chi connectivity index (χ4n) is 1.37. The SMILES string of the molecule is CSCCNc1ccc(-n2ccc(C)n2)nn1. The lowest BCUT2D eigenvalue weighted by Crippen LogP contribution is -2.07. The quantitative estimate of drug-likeness (QED) is 0.818. The number of aromatic nitrogens is 4. The van der Waals surface area contributed by atoms with Gasteiger partial charge >= 0.3 is 0 Å². The van der Waals surface area contributed by atoms with Crippen molar-refractivity contribution in [3.63, 3.8) is 0 Å². The Hall–Kier alpha value is -1.56. The normalized spacial score (nSPS) is 10.5. The highest BCUT2D eigenvalue weighted by Gasteiger charge is 2.00. The van der Waals surface area contributed by atoms with Crippen molar-refractivity contribution in [2.75, 3.05) is 23.9 Å². The molecule has 0 aliphatic rings. The van der Waals surface area contributed by atoms with E-state index in [1.807, 2.05) is 31.3 Å². The Morgan fingerprint density at radius 3 is 2.76 bits per heavy atom. The Morgan fingerprint density at radius 2 is 2.18 bits per heavy atom. The molecule has 0 aliphatic heterocycles. The van der Waals surface area contributed by atoms with Gasteiger partial charge in [-0.1, -0.05) is 0 Å². The molecule has 2 aromatic heterocycles. The maximum atomic E-state index is 4.28. The molecule has 0 aromatic carbocycles. The summed E-state index contributed by atoms with van der Waals surface area (Å²) in [6.45, 7) is 2.85. The van der Waals surface area contributed by atoms with Gasteiger partial charge in [0.1, 0.15) is 5.82 Å². The van der Waals surface area contributed by atoms with Crippen molar-refractivity contribution >= 4 is 17.6 Å². The van der Waals surface area contributed by atoms with Gasteiger partial charge in [0.25, 0.3) is 0 Å². The lowest BCUT2D eigenvalue weighted by molar-refractivity contribution is 0.804. The molecule has 90 valence electrons. The van der Waals surface area contributed by atoms with Crippen LogP contribution in [0.1, 0.15) is 5.69 Å². The molecule has 0 saturated heterocycles. The molecule has 0 saturated carbocycles. The zero-order chi connectivity index (χ0) is 12.1. The first kappa shape index (κ1) is 11.9. The van der Waals surface area contributed by atoms with Crippen molar-refractivity contribution in [1.82, 2.24) is 20.0 Å². The smallest absolute Gasteiger partial charge is 0.175 e. The molecule has 0 spiro atoms. The maximum absolute atomic E-state index is 4.28. The average Bonchev–Trinajstić information content (AvgIpc) is 2.77. The van der Waals surface area contributed by atoms with E-state index in [-0.39, 0.29) is 0 Å². The van der Waals surface area contributed by atoms with Gasteiger partial charge in [-0.25, -0.2) is 4.68 Å². The molecule has 2 heterocycles. The fraction of sp³-hybridized carbons (Fsp3) is 0.364. The van der Waals surface area contributed by atoms with E-state index in [4.69, 9.17) is 0 Å². The molecule has 0 fully saturated rings. The number of anilines is 1. The van der Waals surface area contributed by atoms with Gasteiger partial charge in [-0.2, -0.15) is 16.9 Å². The second-order valence-electron chi connectivity index (χ2n) is 3.60. The van der Waals surface area contributed by atoms with Gasteiger partial charge in [0.05, 0.1) is 5.69 Å². The standard InChI is InChI=1S/C11H15N5S/c1-9-5-7-16(15-9)11-4-3-10(13-14-11)12-6-8-17-2/h3-5,7H,6,8H2,1-2H3,(H,12,13). The van der Waals surface area contributed by atoms with Crippen LogP contribution in [0.3, 0.4) is 0 Å². The maximum Gasteiger partial charge on any atom is 0.175 e. The summed E-state index contributed by atoms with van der Waals surface area (Å²) in [6.07, 6.45) is 3.96. The highest BCUT2D eigenvalue weighted by atomic mass is 32.2. The van der Waals surface area contributed by atoms with Crippen molar-refractivity contribution in [2.24, 2.45) is 0 Å². The van der Waals surface area contributed by atoms with E-state index < -0.39 is 0 Å². The molecule has 0 atom stereocenters. The van der Waals surface area contributed by atoms with Gasteiger partial charge < -0.3 is 5.32 Å². The first-order valence-electron chi connectivity index (χ1n) is 5.39. The van der Waals surface area contributed by atoms with E-state index in [0.29, 0.717) is 0 Å². The predicted molar refractivity (Wildman–Crippen MR) is 70.8 cm³/mol. The number of rotatable bonds is 5. The molecule has 0 bridgehead atoms. The van der Waals surface area contributed by atoms with Crippen LogP contribution in [-0.2, 0) is 0 Å². The summed E-state index contributed by atoms with van der Waals surface area (Å²) in [5.74, 6) is 2.59. The Labute approximate surface area is 105 Å². The summed E-state index contributed by atoms with van der Waals surface area (Å²) in [7, 11) is 0. The van der Waals surface area contributed by atoms with Gasteiger partial charge in [-0.15, -0.1) is 10.2 Å². The van der Waals surface area contributed by atoms with Crippen LogP contribution < -0.4 is 5.32 Å². The number of hydrogen-bond donors (Lipinski definition) is 1.